The second-order valence-corrected chi connectivity index (χ2v) is 5.64. The predicted octanol–water partition coefficient (Wildman–Crippen LogP) is 1.42. The van der Waals surface area contributed by atoms with Gasteiger partial charge in [0.25, 0.3) is 0 Å². The Hall–Kier alpha value is -1.47. The van der Waals surface area contributed by atoms with Crippen molar-refractivity contribution in [2.75, 3.05) is 25.0 Å². The number of amides is 1. The first-order valence-electron chi connectivity index (χ1n) is 6.70. The van der Waals surface area contributed by atoms with E-state index in [1.807, 2.05) is 17.2 Å². The fraction of sp³-hybridized carbons (Fsp3) is 0.615. The molecule has 1 N–H and O–H groups in total. The highest BCUT2D eigenvalue weighted by Crippen LogP contribution is 2.26. The molecule has 1 aromatic rings. The minimum atomic E-state index is -0.280. The standard InChI is InChI=1S/C13H19N3O3S/c1-3-19-12(18)7-16(10-4-5-10)6-11(17)15-13-14-9(2)8-20-13/h8,10H,3-7H2,1-2H3,(H,14,15,17). The SMILES string of the molecule is CCOC(=O)CN(CC(=O)Nc1nc(C)cs1)C1CC1. The lowest BCUT2D eigenvalue weighted by molar-refractivity contribution is -0.144. The molecule has 0 spiro atoms. The fourth-order valence-corrected chi connectivity index (χ4v) is 2.59. The van der Waals surface area contributed by atoms with E-state index in [2.05, 4.69) is 10.3 Å². The molecule has 0 aliphatic heterocycles. The van der Waals surface area contributed by atoms with Crippen LogP contribution in [0.4, 0.5) is 5.13 Å². The molecule has 1 aliphatic rings. The van der Waals surface area contributed by atoms with Gasteiger partial charge in [-0.15, -0.1) is 11.3 Å². The Morgan fingerprint density at radius 1 is 1.50 bits per heavy atom. The highest BCUT2D eigenvalue weighted by molar-refractivity contribution is 7.13. The van der Waals surface area contributed by atoms with Gasteiger partial charge in [-0.05, 0) is 26.7 Å². The van der Waals surface area contributed by atoms with E-state index in [-0.39, 0.29) is 25.0 Å². The quantitative estimate of drug-likeness (QED) is 0.771. The number of ether oxygens (including phenoxy) is 1. The normalized spacial score (nSPS) is 14.3. The lowest BCUT2D eigenvalue weighted by atomic mass is 10.4. The second kappa shape index (κ2) is 6.81. The monoisotopic (exact) mass is 297 g/mol. The van der Waals surface area contributed by atoms with Gasteiger partial charge in [0.05, 0.1) is 25.4 Å². The van der Waals surface area contributed by atoms with Crippen LogP contribution < -0.4 is 5.32 Å². The van der Waals surface area contributed by atoms with E-state index >= 15 is 0 Å². The van der Waals surface area contributed by atoms with Crippen LogP contribution in [-0.4, -0.2) is 47.5 Å². The Morgan fingerprint density at radius 2 is 2.25 bits per heavy atom. The first-order valence-corrected chi connectivity index (χ1v) is 7.58. The Bertz CT molecular complexity index is 485. The first-order chi connectivity index (χ1) is 9.58. The number of aromatic nitrogens is 1. The smallest absolute Gasteiger partial charge is 0.320 e. The van der Waals surface area contributed by atoms with Gasteiger partial charge < -0.3 is 10.1 Å². The van der Waals surface area contributed by atoms with Crippen LogP contribution >= 0.6 is 11.3 Å². The third kappa shape index (κ3) is 4.57. The molecule has 1 aliphatic carbocycles. The van der Waals surface area contributed by atoms with Crippen LogP contribution in [0.1, 0.15) is 25.5 Å². The van der Waals surface area contributed by atoms with Gasteiger partial charge in [0.15, 0.2) is 5.13 Å². The van der Waals surface area contributed by atoms with E-state index in [4.69, 9.17) is 4.74 Å². The number of aryl methyl sites for hydroxylation is 1. The molecule has 20 heavy (non-hydrogen) atoms. The van der Waals surface area contributed by atoms with Gasteiger partial charge in [0.2, 0.25) is 5.91 Å². The zero-order valence-corrected chi connectivity index (χ0v) is 12.5. The number of anilines is 1. The molecule has 7 heteroatoms. The van der Waals surface area contributed by atoms with E-state index in [1.165, 1.54) is 11.3 Å². The van der Waals surface area contributed by atoms with E-state index < -0.39 is 0 Å². The minimum Gasteiger partial charge on any atom is -0.465 e. The van der Waals surface area contributed by atoms with Gasteiger partial charge in [-0.2, -0.15) is 0 Å². The number of nitrogens with zero attached hydrogens (tertiary/aromatic N) is 2. The third-order valence-electron chi connectivity index (χ3n) is 2.91. The maximum Gasteiger partial charge on any atom is 0.320 e. The number of hydrogen-bond acceptors (Lipinski definition) is 6. The number of carbonyl (C=O) groups is 2. The van der Waals surface area contributed by atoms with Crippen LogP contribution in [0.3, 0.4) is 0 Å². The molecule has 0 saturated heterocycles. The molecule has 1 aromatic heterocycles. The average Bonchev–Trinajstić information content (AvgIpc) is 3.14. The number of carbonyl (C=O) groups excluding carboxylic acids is 2. The maximum atomic E-state index is 12.0. The van der Waals surface area contributed by atoms with Crippen LogP contribution in [0.2, 0.25) is 0 Å². The second-order valence-electron chi connectivity index (χ2n) is 4.78. The Balaban J connectivity index is 1.84. The average molecular weight is 297 g/mol. The highest BCUT2D eigenvalue weighted by atomic mass is 32.1. The molecule has 0 aromatic carbocycles. The zero-order valence-electron chi connectivity index (χ0n) is 11.7. The Labute approximate surface area is 122 Å². The molecule has 0 atom stereocenters. The van der Waals surface area contributed by atoms with Crippen molar-refractivity contribution in [1.29, 1.82) is 0 Å². The molecule has 6 nitrogen and oxygen atoms in total. The molecule has 110 valence electrons. The predicted molar refractivity (Wildman–Crippen MR) is 76.7 cm³/mol. The summed E-state index contributed by atoms with van der Waals surface area (Å²) in [5.41, 5.74) is 0.885. The van der Waals surface area contributed by atoms with Crippen LogP contribution in [-0.2, 0) is 14.3 Å². The minimum absolute atomic E-state index is 0.143. The van der Waals surface area contributed by atoms with Gasteiger partial charge in [0, 0.05) is 11.4 Å². The molecule has 2 rings (SSSR count). The number of rotatable bonds is 7. The molecular weight excluding hydrogens is 278 g/mol. The molecule has 0 unspecified atom stereocenters. The summed E-state index contributed by atoms with van der Waals surface area (Å²) in [7, 11) is 0. The summed E-state index contributed by atoms with van der Waals surface area (Å²) in [4.78, 5) is 29.5. The first kappa shape index (κ1) is 14.9. The lowest BCUT2D eigenvalue weighted by Gasteiger charge is -2.19. The maximum absolute atomic E-state index is 12.0. The van der Waals surface area contributed by atoms with Crippen LogP contribution in [0.5, 0.6) is 0 Å². The molecular formula is C13H19N3O3S. The Morgan fingerprint density at radius 3 is 2.80 bits per heavy atom. The van der Waals surface area contributed by atoms with Crippen LogP contribution in [0.15, 0.2) is 5.38 Å². The molecule has 1 fully saturated rings. The van der Waals surface area contributed by atoms with Gasteiger partial charge in [-0.25, -0.2) is 4.98 Å². The lowest BCUT2D eigenvalue weighted by Crippen LogP contribution is -2.39. The van der Waals surface area contributed by atoms with Crippen LogP contribution in [0.25, 0.3) is 0 Å². The molecule has 0 radical (unpaired) electrons. The summed E-state index contributed by atoms with van der Waals surface area (Å²) >= 11 is 1.40. The Kier molecular flexibility index (Phi) is 5.08. The van der Waals surface area contributed by atoms with Gasteiger partial charge in [-0.1, -0.05) is 0 Å². The summed E-state index contributed by atoms with van der Waals surface area (Å²) in [5, 5.41) is 5.23. The molecule has 1 heterocycles. The van der Waals surface area contributed by atoms with Crippen molar-refractivity contribution in [1.82, 2.24) is 9.88 Å². The number of esters is 1. The van der Waals surface area contributed by atoms with Crippen molar-refractivity contribution in [2.45, 2.75) is 32.7 Å². The van der Waals surface area contributed by atoms with E-state index in [1.54, 1.807) is 6.92 Å². The van der Waals surface area contributed by atoms with Crippen molar-refractivity contribution in [3.05, 3.63) is 11.1 Å². The topological polar surface area (TPSA) is 71.5 Å². The van der Waals surface area contributed by atoms with Crippen molar-refractivity contribution >= 4 is 28.3 Å². The van der Waals surface area contributed by atoms with Gasteiger partial charge >= 0.3 is 5.97 Å². The number of nitrogens with one attached hydrogen (secondary N) is 1. The van der Waals surface area contributed by atoms with Crippen molar-refractivity contribution in [3.8, 4) is 0 Å². The zero-order chi connectivity index (χ0) is 14.5. The number of hydrogen-bond donors (Lipinski definition) is 1. The van der Waals surface area contributed by atoms with Crippen molar-refractivity contribution in [3.63, 3.8) is 0 Å². The summed E-state index contributed by atoms with van der Waals surface area (Å²) in [6.07, 6.45) is 2.06. The van der Waals surface area contributed by atoms with Gasteiger partial charge in [0.1, 0.15) is 0 Å². The summed E-state index contributed by atoms with van der Waals surface area (Å²) in [6, 6.07) is 0.322. The van der Waals surface area contributed by atoms with E-state index in [0.29, 0.717) is 17.8 Å². The highest BCUT2D eigenvalue weighted by Gasteiger charge is 2.32. The van der Waals surface area contributed by atoms with E-state index in [9.17, 15) is 9.59 Å². The number of thiazole rings is 1. The summed E-state index contributed by atoms with van der Waals surface area (Å²) in [5.74, 6) is -0.423. The van der Waals surface area contributed by atoms with Crippen LogP contribution in [0, 0.1) is 6.92 Å². The van der Waals surface area contributed by atoms with Gasteiger partial charge in [-0.3, -0.25) is 14.5 Å². The molecule has 1 saturated carbocycles. The summed E-state index contributed by atoms with van der Waals surface area (Å²) in [6.45, 7) is 4.38. The third-order valence-corrected chi connectivity index (χ3v) is 3.79. The summed E-state index contributed by atoms with van der Waals surface area (Å²) < 4.78 is 4.93. The van der Waals surface area contributed by atoms with Crippen molar-refractivity contribution < 1.29 is 14.3 Å². The molecule has 0 bridgehead atoms. The molecule has 1 amide bonds. The van der Waals surface area contributed by atoms with E-state index in [0.717, 1.165) is 18.5 Å². The largest absolute Gasteiger partial charge is 0.465 e. The fourth-order valence-electron chi connectivity index (χ4n) is 1.88. The van der Waals surface area contributed by atoms with Crippen molar-refractivity contribution in [2.24, 2.45) is 0 Å².